The number of halogens is 1. The molecule has 1 saturated carbocycles. The second kappa shape index (κ2) is 3.46. The van der Waals surface area contributed by atoms with Crippen LogP contribution in [0.15, 0.2) is 22.8 Å². The van der Waals surface area contributed by atoms with Gasteiger partial charge in [-0.25, -0.2) is 0 Å². The number of rotatable bonds is 3. The molecular weight excluding hydrogens is 242 g/mol. The van der Waals surface area contributed by atoms with Crippen LogP contribution in [0, 0.1) is 5.41 Å². The molecule has 0 saturated heterocycles. The molecule has 0 aliphatic heterocycles. The van der Waals surface area contributed by atoms with E-state index >= 15 is 0 Å². The number of hydrogen-bond donors (Lipinski definition) is 0. The molecule has 0 aromatic carbocycles. The number of carbonyl (C=O) groups is 1. The quantitative estimate of drug-likeness (QED) is 0.830. The second-order valence-electron chi connectivity index (χ2n) is 4.13. The molecule has 0 unspecified atom stereocenters. The fourth-order valence-corrected chi connectivity index (χ4v) is 1.59. The minimum atomic E-state index is -0.0330. The van der Waals surface area contributed by atoms with Crippen molar-refractivity contribution in [1.29, 1.82) is 0 Å². The highest BCUT2D eigenvalue weighted by Gasteiger charge is 2.44. The number of pyridine rings is 1. The highest BCUT2D eigenvalue weighted by molar-refractivity contribution is 9.10. The first-order valence-corrected chi connectivity index (χ1v) is 5.53. The largest absolute Gasteiger partial charge is 0.299 e. The number of nitrogens with zero attached hydrogens (tertiary/aromatic N) is 1. The van der Waals surface area contributed by atoms with Crippen LogP contribution in [0.2, 0.25) is 0 Å². The molecule has 2 nitrogen and oxygen atoms in total. The van der Waals surface area contributed by atoms with Crippen LogP contribution in [0.3, 0.4) is 0 Å². The summed E-state index contributed by atoms with van der Waals surface area (Å²) in [6, 6.07) is 3.82. The van der Waals surface area contributed by atoms with E-state index in [-0.39, 0.29) is 5.41 Å². The van der Waals surface area contributed by atoms with Crippen molar-refractivity contribution < 1.29 is 4.79 Å². The molecule has 2 rings (SSSR count). The van der Waals surface area contributed by atoms with Gasteiger partial charge >= 0.3 is 0 Å². The summed E-state index contributed by atoms with van der Waals surface area (Å²) in [5.74, 6) is 0.326. The van der Waals surface area contributed by atoms with E-state index < -0.39 is 0 Å². The zero-order valence-electron chi connectivity index (χ0n) is 8.09. The number of Topliss-reactive ketones (excluding diaryl/α,β-unsaturated/α-hetero) is 1. The van der Waals surface area contributed by atoms with E-state index in [9.17, 15) is 4.79 Å². The standard InChI is InChI=1S/C11H12BrNO/c1-11(4-5-11)10(14)6-9-3-2-8(12)7-13-9/h2-3,7H,4-6H2,1H3. The van der Waals surface area contributed by atoms with Gasteiger partial charge < -0.3 is 0 Å². The van der Waals surface area contributed by atoms with Crippen molar-refractivity contribution in [1.82, 2.24) is 4.98 Å². The maximum absolute atomic E-state index is 11.7. The normalized spacial score (nSPS) is 17.9. The smallest absolute Gasteiger partial charge is 0.144 e. The Bertz CT molecular complexity index is 354. The SMILES string of the molecule is CC1(C(=O)Cc2ccc(Br)cn2)CC1. The summed E-state index contributed by atoms with van der Waals surface area (Å²) in [4.78, 5) is 15.9. The molecule has 0 N–H and O–H groups in total. The van der Waals surface area contributed by atoms with Gasteiger partial charge in [0, 0.05) is 28.2 Å². The predicted octanol–water partition coefficient (Wildman–Crippen LogP) is 2.76. The molecule has 1 heterocycles. The van der Waals surface area contributed by atoms with Crippen LogP contribution in [0.4, 0.5) is 0 Å². The third-order valence-electron chi connectivity index (χ3n) is 2.80. The Labute approximate surface area is 91.9 Å². The first-order chi connectivity index (χ1) is 6.60. The van der Waals surface area contributed by atoms with Gasteiger partial charge in [-0.1, -0.05) is 6.92 Å². The van der Waals surface area contributed by atoms with Crippen LogP contribution < -0.4 is 0 Å². The molecular formula is C11H12BrNO. The van der Waals surface area contributed by atoms with Crippen molar-refractivity contribution in [3.63, 3.8) is 0 Å². The lowest BCUT2D eigenvalue weighted by atomic mass is 10.00. The fourth-order valence-electron chi connectivity index (χ4n) is 1.36. The van der Waals surface area contributed by atoms with Gasteiger partial charge in [-0.05, 0) is 40.9 Å². The zero-order valence-corrected chi connectivity index (χ0v) is 9.67. The van der Waals surface area contributed by atoms with Gasteiger partial charge in [-0.15, -0.1) is 0 Å². The van der Waals surface area contributed by atoms with Crippen LogP contribution in [0.25, 0.3) is 0 Å². The monoisotopic (exact) mass is 253 g/mol. The van der Waals surface area contributed by atoms with Gasteiger partial charge in [0.2, 0.25) is 0 Å². The van der Waals surface area contributed by atoms with Crippen molar-refractivity contribution in [3.05, 3.63) is 28.5 Å². The topological polar surface area (TPSA) is 30.0 Å². The van der Waals surface area contributed by atoms with E-state index in [1.54, 1.807) is 6.20 Å². The Balaban J connectivity index is 2.04. The average molecular weight is 254 g/mol. The highest BCUT2D eigenvalue weighted by atomic mass is 79.9. The van der Waals surface area contributed by atoms with Crippen LogP contribution in [-0.4, -0.2) is 10.8 Å². The molecule has 1 aliphatic rings. The van der Waals surface area contributed by atoms with Gasteiger partial charge in [0.05, 0.1) is 0 Å². The summed E-state index contributed by atoms with van der Waals surface area (Å²) in [6.07, 6.45) is 4.30. The molecule has 0 atom stereocenters. The van der Waals surface area contributed by atoms with Crippen LogP contribution >= 0.6 is 15.9 Å². The first kappa shape index (κ1) is 9.84. The number of carbonyl (C=O) groups excluding carboxylic acids is 1. The Morgan fingerprint density at radius 2 is 2.29 bits per heavy atom. The maximum atomic E-state index is 11.7. The second-order valence-corrected chi connectivity index (χ2v) is 5.04. The van der Waals surface area contributed by atoms with E-state index in [1.807, 2.05) is 19.1 Å². The van der Waals surface area contributed by atoms with E-state index in [0.717, 1.165) is 23.0 Å². The molecule has 3 heteroatoms. The number of hydrogen-bond acceptors (Lipinski definition) is 2. The Morgan fingerprint density at radius 1 is 1.57 bits per heavy atom. The third-order valence-corrected chi connectivity index (χ3v) is 3.27. The summed E-state index contributed by atoms with van der Waals surface area (Å²) in [5, 5.41) is 0. The van der Waals surface area contributed by atoms with E-state index in [0.29, 0.717) is 12.2 Å². The summed E-state index contributed by atoms with van der Waals surface area (Å²) in [6.45, 7) is 2.04. The number of aromatic nitrogens is 1. The molecule has 0 spiro atoms. The molecule has 1 aromatic heterocycles. The first-order valence-electron chi connectivity index (χ1n) is 4.74. The summed E-state index contributed by atoms with van der Waals surface area (Å²) in [5.41, 5.74) is 0.834. The fraction of sp³-hybridized carbons (Fsp3) is 0.455. The highest BCUT2D eigenvalue weighted by Crippen LogP contribution is 2.46. The minimum absolute atomic E-state index is 0.0330. The van der Waals surface area contributed by atoms with Crippen molar-refractivity contribution in [2.24, 2.45) is 5.41 Å². The summed E-state index contributed by atoms with van der Waals surface area (Å²) >= 11 is 3.32. The molecule has 1 fully saturated rings. The van der Waals surface area contributed by atoms with Gasteiger partial charge in [0.25, 0.3) is 0 Å². The molecule has 0 radical (unpaired) electrons. The van der Waals surface area contributed by atoms with Crippen molar-refractivity contribution in [2.75, 3.05) is 0 Å². The molecule has 0 bridgehead atoms. The van der Waals surface area contributed by atoms with Crippen LogP contribution in [0.5, 0.6) is 0 Å². The minimum Gasteiger partial charge on any atom is -0.299 e. The average Bonchev–Trinajstić information content (AvgIpc) is 2.89. The Morgan fingerprint density at radius 3 is 2.79 bits per heavy atom. The van der Waals surface area contributed by atoms with Gasteiger partial charge in [0.15, 0.2) is 0 Å². The van der Waals surface area contributed by atoms with E-state index in [2.05, 4.69) is 20.9 Å². The van der Waals surface area contributed by atoms with Crippen molar-refractivity contribution in [2.45, 2.75) is 26.2 Å². The lowest BCUT2D eigenvalue weighted by molar-refractivity contribution is -0.122. The van der Waals surface area contributed by atoms with Crippen molar-refractivity contribution in [3.8, 4) is 0 Å². The molecule has 74 valence electrons. The molecule has 14 heavy (non-hydrogen) atoms. The summed E-state index contributed by atoms with van der Waals surface area (Å²) < 4.78 is 0.950. The zero-order chi connectivity index (χ0) is 10.2. The van der Waals surface area contributed by atoms with Gasteiger partial charge in [-0.2, -0.15) is 0 Å². The molecule has 0 amide bonds. The predicted molar refractivity (Wildman–Crippen MR) is 58.0 cm³/mol. The Kier molecular flexibility index (Phi) is 2.43. The number of ketones is 1. The molecule has 1 aromatic rings. The third kappa shape index (κ3) is 2.03. The van der Waals surface area contributed by atoms with Crippen molar-refractivity contribution >= 4 is 21.7 Å². The van der Waals surface area contributed by atoms with Crippen LogP contribution in [-0.2, 0) is 11.2 Å². The van der Waals surface area contributed by atoms with Crippen LogP contribution in [0.1, 0.15) is 25.5 Å². The lowest BCUT2D eigenvalue weighted by Gasteiger charge is -2.05. The maximum Gasteiger partial charge on any atom is 0.144 e. The Hall–Kier alpha value is -0.700. The molecule has 1 aliphatic carbocycles. The summed E-state index contributed by atoms with van der Waals surface area (Å²) in [7, 11) is 0. The van der Waals surface area contributed by atoms with Gasteiger partial charge in [-0.3, -0.25) is 9.78 Å². The van der Waals surface area contributed by atoms with E-state index in [4.69, 9.17) is 0 Å². The van der Waals surface area contributed by atoms with E-state index in [1.165, 1.54) is 0 Å². The van der Waals surface area contributed by atoms with Gasteiger partial charge in [0.1, 0.15) is 5.78 Å². The lowest BCUT2D eigenvalue weighted by Crippen LogP contribution is -2.14.